The van der Waals surface area contributed by atoms with E-state index in [1.807, 2.05) is 0 Å². The average molecular weight is 458 g/mol. The summed E-state index contributed by atoms with van der Waals surface area (Å²) in [7, 11) is 0. The first kappa shape index (κ1) is 18.7. The molecular weight excluding hydrogens is 423 g/mol. The summed E-state index contributed by atoms with van der Waals surface area (Å²) < 4.78 is 0.681. The maximum Gasteiger partial charge on any atom is 0.146 e. The molecule has 0 aromatic carbocycles. The van der Waals surface area contributed by atoms with Crippen molar-refractivity contribution in [1.82, 2.24) is 0 Å². The van der Waals surface area contributed by atoms with Gasteiger partial charge in [0.15, 0.2) is 0 Å². The molecule has 0 aromatic rings. The van der Waals surface area contributed by atoms with Crippen LogP contribution >= 0.6 is 22.6 Å². The molecule has 4 aliphatic rings. The lowest BCUT2D eigenvalue weighted by atomic mass is 9.44. The summed E-state index contributed by atoms with van der Waals surface area (Å²) >= 11 is 2.28. The number of alkyl halides is 1. The number of hydrogen-bond acceptors (Lipinski definition) is 2. The molecule has 25 heavy (non-hydrogen) atoms. The van der Waals surface area contributed by atoms with Crippen LogP contribution in [0.1, 0.15) is 72.1 Å². The van der Waals surface area contributed by atoms with Crippen LogP contribution in [0.3, 0.4) is 0 Å². The summed E-state index contributed by atoms with van der Waals surface area (Å²) in [5.41, 5.74) is 0.693. The lowest BCUT2D eigenvalue weighted by molar-refractivity contribution is -0.138. The van der Waals surface area contributed by atoms with E-state index >= 15 is 0 Å². The molecule has 4 fully saturated rings. The molecule has 0 heterocycles. The largest absolute Gasteiger partial charge is 0.393 e. The molecule has 0 spiro atoms. The second-order valence-corrected chi connectivity index (χ2v) is 11.2. The van der Waals surface area contributed by atoms with E-state index in [1.165, 1.54) is 38.5 Å². The van der Waals surface area contributed by atoms with Crippen LogP contribution in [0.2, 0.25) is 0 Å². The third-order valence-electron chi connectivity index (χ3n) is 9.46. The summed E-state index contributed by atoms with van der Waals surface area (Å²) in [5.74, 6) is 4.51. The molecule has 1 N–H and O–H groups in total. The second-order valence-electron chi connectivity index (χ2n) is 10.4. The van der Waals surface area contributed by atoms with E-state index in [-0.39, 0.29) is 11.5 Å². The Labute approximate surface area is 167 Å². The minimum absolute atomic E-state index is 0.0550. The minimum atomic E-state index is -0.0550. The fourth-order valence-electron chi connectivity index (χ4n) is 8.37. The first-order valence-electron chi connectivity index (χ1n) is 10.6. The van der Waals surface area contributed by atoms with Gasteiger partial charge < -0.3 is 5.11 Å². The van der Waals surface area contributed by atoms with Crippen molar-refractivity contribution in [2.24, 2.45) is 46.3 Å². The molecule has 3 unspecified atom stereocenters. The van der Waals surface area contributed by atoms with Gasteiger partial charge in [-0.05, 0) is 91.8 Å². The Morgan fingerprint density at radius 1 is 1.04 bits per heavy atom. The molecule has 0 aliphatic heterocycles. The van der Waals surface area contributed by atoms with Gasteiger partial charge >= 0.3 is 0 Å². The molecule has 4 aliphatic carbocycles. The summed E-state index contributed by atoms with van der Waals surface area (Å²) in [4.78, 5) is 12.7. The van der Waals surface area contributed by atoms with Gasteiger partial charge in [0.1, 0.15) is 5.78 Å². The van der Waals surface area contributed by atoms with E-state index in [0.29, 0.717) is 27.5 Å². The molecule has 4 rings (SSSR count). The Bertz CT molecular complexity index is 548. The van der Waals surface area contributed by atoms with Crippen LogP contribution < -0.4 is 0 Å². The number of carbonyl (C=O) groups is 1. The van der Waals surface area contributed by atoms with Gasteiger partial charge in [-0.2, -0.15) is 0 Å². The van der Waals surface area contributed by atoms with Crippen molar-refractivity contribution in [3.05, 3.63) is 0 Å². The zero-order valence-corrected chi connectivity index (χ0v) is 18.3. The summed E-state index contributed by atoms with van der Waals surface area (Å²) in [6, 6.07) is 0. The SMILES string of the molecule is CC1C[C@H]2[C@@H]3CCC4CC(O)CC[C@]4(C)[C@H]3CC[C@]2(C)[C@H]1C(=O)CI. The first-order chi connectivity index (χ1) is 11.8. The second kappa shape index (κ2) is 6.46. The first-order valence-corrected chi connectivity index (χ1v) is 12.1. The van der Waals surface area contributed by atoms with E-state index in [4.69, 9.17) is 0 Å². The zero-order valence-electron chi connectivity index (χ0n) is 16.1. The van der Waals surface area contributed by atoms with Crippen LogP contribution in [-0.2, 0) is 4.79 Å². The van der Waals surface area contributed by atoms with E-state index in [9.17, 15) is 9.90 Å². The van der Waals surface area contributed by atoms with Gasteiger partial charge in [0.2, 0.25) is 0 Å². The smallest absolute Gasteiger partial charge is 0.146 e. The number of carbonyl (C=O) groups excluding carboxylic acids is 1. The molecule has 0 saturated heterocycles. The zero-order chi connectivity index (χ0) is 18.0. The summed E-state index contributed by atoms with van der Waals surface area (Å²) in [5, 5.41) is 10.2. The monoisotopic (exact) mass is 458 g/mol. The van der Waals surface area contributed by atoms with E-state index in [0.717, 1.165) is 36.5 Å². The van der Waals surface area contributed by atoms with Crippen molar-refractivity contribution in [3.8, 4) is 0 Å². The normalized spacial score (nSPS) is 55.2. The predicted octanol–water partition coefficient (Wildman–Crippen LogP) is 5.26. The van der Waals surface area contributed by atoms with Gasteiger partial charge in [-0.25, -0.2) is 0 Å². The Morgan fingerprint density at radius 2 is 1.76 bits per heavy atom. The maximum absolute atomic E-state index is 12.7. The fourth-order valence-corrected chi connectivity index (χ4v) is 8.84. The quantitative estimate of drug-likeness (QED) is 0.453. The third-order valence-corrected chi connectivity index (χ3v) is 10.2. The van der Waals surface area contributed by atoms with Crippen molar-refractivity contribution in [2.75, 3.05) is 4.43 Å². The number of ketones is 1. The predicted molar refractivity (Wildman–Crippen MR) is 110 cm³/mol. The van der Waals surface area contributed by atoms with E-state index in [2.05, 4.69) is 43.4 Å². The lowest BCUT2D eigenvalue weighted by Crippen LogP contribution is -2.54. The van der Waals surface area contributed by atoms with Crippen LogP contribution in [0.25, 0.3) is 0 Å². The van der Waals surface area contributed by atoms with Gasteiger partial charge in [-0.3, -0.25) is 4.79 Å². The number of hydrogen-bond donors (Lipinski definition) is 1. The molecule has 0 radical (unpaired) electrons. The van der Waals surface area contributed by atoms with Gasteiger partial charge in [-0.15, -0.1) is 0 Å². The van der Waals surface area contributed by atoms with Crippen molar-refractivity contribution in [2.45, 2.75) is 78.2 Å². The van der Waals surface area contributed by atoms with Gasteiger partial charge in [0, 0.05) is 5.92 Å². The number of fused-ring (bicyclic) bond motifs is 5. The Kier molecular flexibility index (Phi) is 4.84. The van der Waals surface area contributed by atoms with Crippen LogP contribution in [0.4, 0.5) is 0 Å². The third kappa shape index (κ3) is 2.68. The highest BCUT2D eigenvalue weighted by Crippen LogP contribution is 2.68. The lowest BCUT2D eigenvalue weighted by Gasteiger charge is -2.60. The van der Waals surface area contributed by atoms with E-state index < -0.39 is 0 Å². The molecule has 0 amide bonds. The van der Waals surface area contributed by atoms with E-state index in [1.54, 1.807) is 0 Å². The molecule has 0 bridgehead atoms. The Balaban J connectivity index is 1.63. The van der Waals surface area contributed by atoms with Gasteiger partial charge in [0.05, 0.1) is 10.5 Å². The number of Topliss-reactive ketones (excluding diaryl/α,β-unsaturated/α-hetero) is 1. The molecular formula is C22H35IO2. The molecule has 4 saturated carbocycles. The van der Waals surface area contributed by atoms with Crippen molar-refractivity contribution in [1.29, 1.82) is 0 Å². The van der Waals surface area contributed by atoms with Crippen molar-refractivity contribution >= 4 is 28.4 Å². The van der Waals surface area contributed by atoms with Gasteiger partial charge in [0.25, 0.3) is 0 Å². The van der Waals surface area contributed by atoms with Crippen LogP contribution in [0.5, 0.6) is 0 Å². The Hall–Kier alpha value is 0.360. The minimum Gasteiger partial charge on any atom is -0.393 e. The van der Waals surface area contributed by atoms with Gasteiger partial charge in [-0.1, -0.05) is 43.4 Å². The van der Waals surface area contributed by atoms with Crippen molar-refractivity contribution in [3.63, 3.8) is 0 Å². The Morgan fingerprint density at radius 3 is 2.48 bits per heavy atom. The molecule has 9 atom stereocenters. The highest BCUT2D eigenvalue weighted by Gasteiger charge is 2.62. The number of rotatable bonds is 2. The molecule has 3 heteroatoms. The number of halogens is 1. The van der Waals surface area contributed by atoms with Crippen LogP contribution in [-0.4, -0.2) is 21.4 Å². The molecule has 142 valence electrons. The highest BCUT2D eigenvalue weighted by atomic mass is 127. The number of aliphatic hydroxyl groups excluding tert-OH is 1. The fraction of sp³-hybridized carbons (Fsp3) is 0.955. The van der Waals surface area contributed by atoms with Crippen LogP contribution in [0.15, 0.2) is 0 Å². The maximum atomic E-state index is 12.7. The standard InChI is InChI=1S/C22H35IO2/c1-13-10-18-16-5-4-14-11-15(24)6-8-21(14,2)17(16)7-9-22(18,3)20(13)19(25)12-23/h13-18,20,24H,4-12H2,1-3H3/t13?,14?,15?,16-,17+,18+,20-,21+,22+/m1/s1. The molecule has 0 aromatic heterocycles. The highest BCUT2D eigenvalue weighted by molar-refractivity contribution is 14.1. The topological polar surface area (TPSA) is 37.3 Å². The molecule has 2 nitrogen and oxygen atoms in total. The summed E-state index contributed by atoms with van der Waals surface area (Å²) in [6.45, 7) is 7.36. The average Bonchev–Trinajstić information content (AvgIpc) is 2.85. The van der Waals surface area contributed by atoms with Crippen molar-refractivity contribution < 1.29 is 9.90 Å². The van der Waals surface area contributed by atoms with Crippen LogP contribution in [0, 0.1) is 46.3 Å². The number of aliphatic hydroxyl groups is 1. The summed E-state index contributed by atoms with van der Waals surface area (Å²) in [6.07, 6.45) is 9.69.